The lowest BCUT2D eigenvalue weighted by molar-refractivity contribution is 0.0256. The van der Waals surface area contributed by atoms with E-state index in [-0.39, 0.29) is 6.09 Å². The van der Waals surface area contributed by atoms with Crippen LogP contribution in [0.15, 0.2) is 22.8 Å². The lowest BCUT2D eigenvalue weighted by atomic mass is 10.1. The van der Waals surface area contributed by atoms with E-state index in [0.29, 0.717) is 6.04 Å². The number of ether oxygens (including phenoxy) is 1. The molecule has 0 aliphatic carbocycles. The fourth-order valence-corrected chi connectivity index (χ4v) is 2.66. The van der Waals surface area contributed by atoms with Crippen LogP contribution in [0.4, 0.5) is 4.79 Å². The molecule has 1 fully saturated rings. The fraction of sp³-hybridized carbons (Fsp3) is 0.706. The van der Waals surface area contributed by atoms with Crippen molar-refractivity contribution in [1.29, 1.82) is 0 Å². The molecule has 1 aromatic rings. The van der Waals surface area contributed by atoms with Crippen molar-refractivity contribution < 1.29 is 13.9 Å². The Morgan fingerprint density at radius 2 is 2.23 bits per heavy atom. The zero-order chi connectivity index (χ0) is 16.0. The van der Waals surface area contributed by atoms with Gasteiger partial charge in [0, 0.05) is 32.1 Å². The number of likely N-dealkylation sites (tertiary alicyclic amines) is 1. The monoisotopic (exact) mass is 308 g/mol. The lowest BCUT2D eigenvalue weighted by Crippen LogP contribution is -2.38. The number of hydrogen-bond donors (Lipinski definition) is 1. The summed E-state index contributed by atoms with van der Waals surface area (Å²) in [5.74, 6) is 1.01. The van der Waals surface area contributed by atoms with Gasteiger partial charge in [0.25, 0.3) is 0 Å². The number of furan rings is 1. The first-order valence-electron chi connectivity index (χ1n) is 8.18. The second kappa shape index (κ2) is 7.68. The van der Waals surface area contributed by atoms with Crippen molar-refractivity contribution in [2.75, 3.05) is 19.6 Å². The number of hydrogen-bond acceptors (Lipinski definition) is 4. The molecule has 0 bridgehead atoms. The molecule has 1 N–H and O–H groups in total. The molecule has 0 spiro atoms. The molecule has 1 aromatic heterocycles. The highest BCUT2D eigenvalue weighted by Crippen LogP contribution is 2.15. The van der Waals surface area contributed by atoms with Gasteiger partial charge in [0.05, 0.1) is 6.26 Å². The number of nitrogens with zero attached hydrogens (tertiary/aromatic N) is 1. The van der Waals surface area contributed by atoms with Crippen LogP contribution in [-0.2, 0) is 11.2 Å². The van der Waals surface area contributed by atoms with E-state index in [1.807, 2.05) is 37.8 Å². The van der Waals surface area contributed by atoms with Gasteiger partial charge < -0.3 is 19.4 Å². The van der Waals surface area contributed by atoms with Crippen LogP contribution in [0.5, 0.6) is 0 Å². The van der Waals surface area contributed by atoms with Crippen LogP contribution in [-0.4, -0.2) is 42.3 Å². The average Bonchev–Trinajstić information content (AvgIpc) is 2.81. The van der Waals surface area contributed by atoms with Crippen LogP contribution < -0.4 is 5.32 Å². The number of rotatable bonds is 4. The van der Waals surface area contributed by atoms with Crippen LogP contribution in [0.25, 0.3) is 0 Å². The molecule has 5 heteroatoms. The Bertz CT molecular complexity index is 451. The molecule has 1 aliphatic rings. The molecule has 1 saturated heterocycles. The van der Waals surface area contributed by atoms with Gasteiger partial charge in [0.1, 0.15) is 11.4 Å². The van der Waals surface area contributed by atoms with Gasteiger partial charge in [-0.15, -0.1) is 0 Å². The average molecular weight is 308 g/mol. The highest BCUT2D eigenvalue weighted by Gasteiger charge is 2.24. The first-order chi connectivity index (χ1) is 10.4. The Morgan fingerprint density at radius 1 is 1.41 bits per heavy atom. The summed E-state index contributed by atoms with van der Waals surface area (Å²) in [7, 11) is 0. The number of carbonyl (C=O) groups is 1. The van der Waals surface area contributed by atoms with Crippen LogP contribution >= 0.6 is 0 Å². The standard InChI is InChI=1S/C17H28N2O3/c1-17(2,3)22-16(20)19-11-4-6-14(9-12-19)18-10-8-15-7-5-13-21-15/h5,7,13-14,18H,4,6,8-12H2,1-3H3. The maximum atomic E-state index is 12.1. The number of nitrogens with one attached hydrogen (secondary N) is 1. The van der Waals surface area contributed by atoms with E-state index in [4.69, 9.17) is 9.15 Å². The van der Waals surface area contributed by atoms with Crippen molar-refractivity contribution in [3.8, 4) is 0 Å². The van der Waals surface area contributed by atoms with Gasteiger partial charge in [-0.2, -0.15) is 0 Å². The number of amides is 1. The zero-order valence-electron chi connectivity index (χ0n) is 13.9. The van der Waals surface area contributed by atoms with Gasteiger partial charge in [0.15, 0.2) is 0 Å². The minimum Gasteiger partial charge on any atom is -0.469 e. The third-order valence-corrected chi connectivity index (χ3v) is 3.76. The van der Waals surface area contributed by atoms with Gasteiger partial charge in [-0.05, 0) is 52.2 Å². The van der Waals surface area contributed by atoms with Gasteiger partial charge in [0.2, 0.25) is 0 Å². The van der Waals surface area contributed by atoms with E-state index in [0.717, 1.165) is 51.1 Å². The fourth-order valence-electron chi connectivity index (χ4n) is 2.66. The van der Waals surface area contributed by atoms with Crippen LogP contribution in [0.2, 0.25) is 0 Å². The quantitative estimate of drug-likeness (QED) is 0.928. The SMILES string of the molecule is CC(C)(C)OC(=O)N1CCCC(NCCc2ccco2)CC1. The van der Waals surface area contributed by atoms with Gasteiger partial charge in [-0.25, -0.2) is 4.79 Å². The summed E-state index contributed by atoms with van der Waals surface area (Å²) in [5.41, 5.74) is -0.427. The van der Waals surface area contributed by atoms with E-state index in [2.05, 4.69) is 5.32 Å². The molecule has 2 heterocycles. The molecular formula is C17H28N2O3. The van der Waals surface area contributed by atoms with Crippen molar-refractivity contribution in [2.45, 2.75) is 58.1 Å². The first-order valence-corrected chi connectivity index (χ1v) is 8.18. The molecule has 5 nitrogen and oxygen atoms in total. The number of carbonyl (C=O) groups excluding carboxylic acids is 1. The summed E-state index contributed by atoms with van der Waals surface area (Å²) in [6.07, 6.45) is 5.50. The Morgan fingerprint density at radius 3 is 2.91 bits per heavy atom. The molecular weight excluding hydrogens is 280 g/mol. The molecule has 1 atom stereocenters. The molecule has 0 aromatic carbocycles. The third-order valence-electron chi connectivity index (χ3n) is 3.76. The van der Waals surface area contributed by atoms with E-state index in [1.165, 1.54) is 0 Å². The van der Waals surface area contributed by atoms with Crippen LogP contribution in [0.1, 0.15) is 45.8 Å². The molecule has 2 rings (SSSR count). The molecule has 22 heavy (non-hydrogen) atoms. The molecule has 0 saturated carbocycles. The Balaban J connectivity index is 1.71. The topological polar surface area (TPSA) is 54.7 Å². The second-order valence-corrected chi connectivity index (χ2v) is 6.88. The van der Waals surface area contributed by atoms with Gasteiger partial charge in [-0.1, -0.05) is 0 Å². The second-order valence-electron chi connectivity index (χ2n) is 6.88. The summed E-state index contributed by atoms with van der Waals surface area (Å²) in [4.78, 5) is 13.9. The molecule has 1 unspecified atom stereocenters. The summed E-state index contributed by atoms with van der Waals surface area (Å²) < 4.78 is 10.8. The largest absolute Gasteiger partial charge is 0.469 e. The Kier molecular flexibility index (Phi) is 5.89. The highest BCUT2D eigenvalue weighted by molar-refractivity contribution is 5.68. The minimum absolute atomic E-state index is 0.191. The van der Waals surface area contributed by atoms with Crippen LogP contribution in [0, 0.1) is 0 Å². The summed E-state index contributed by atoms with van der Waals surface area (Å²) in [6.45, 7) is 8.16. The van der Waals surface area contributed by atoms with Crippen molar-refractivity contribution in [3.63, 3.8) is 0 Å². The van der Waals surface area contributed by atoms with Gasteiger partial charge >= 0.3 is 6.09 Å². The van der Waals surface area contributed by atoms with Crippen molar-refractivity contribution in [3.05, 3.63) is 24.2 Å². The van der Waals surface area contributed by atoms with Crippen molar-refractivity contribution in [2.24, 2.45) is 0 Å². The highest BCUT2D eigenvalue weighted by atomic mass is 16.6. The maximum absolute atomic E-state index is 12.1. The Hall–Kier alpha value is -1.49. The van der Waals surface area contributed by atoms with E-state index >= 15 is 0 Å². The normalized spacial score (nSPS) is 19.8. The Labute approximate surface area is 133 Å². The molecule has 1 aliphatic heterocycles. The van der Waals surface area contributed by atoms with Gasteiger partial charge in [-0.3, -0.25) is 0 Å². The predicted molar refractivity (Wildman–Crippen MR) is 85.9 cm³/mol. The van der Waals surface area contributed by atoms with Crippen molar-refractivity contribution in [1.82, 2.24) is 10.2 Å². The minimum atomic E-state index is -0.427. The summed E-state index contributed by atoms with van der Waals surface area (Å²) in [5, 5.41) is 3.57. The van der Waals surface area contributed by atoms with Crippen molar-refractivity contribution >= 4 is 6.09 Å². The molecule has 124 valence electrons. The van der Waals surface area contributed by atoms with E-state index < -0.39 is 5.60 Å². The molecule has 1 amide bonds. The first kappa shape index (κ1) is 16.9. The molecule has 0 radical (unpaired) electrons. The predicted octanol–water partition coefficient (Wildman–Crippen LogP) is 3.20. The lowest BCUT2D eigenvalue weighted by Gasteiger charge is -2.26. The smallest absolute Gasteiger partial charge is 0.410 e. The zero-order valence-corrected chi connectivity index (χ0v) is 13.9. The van der Waals surface area contributed by atoms with Crippen LogP contribution in [0.3, 0.4) is 0 Å². The van der Waals surface area contributed by atoms with E-state index in [9.17, 15) is 4.79 Å². The maximum Gasteiger partial charge on any atom is 0.410 e. The third kappa shape index (κ3) is 5.72. The summed E-state index contributed by atoms with van der Waals surface area (Å²) in [6, 6.07) is 4.38. The summed E-state index contributed by atoms with van der Waals surface area (Å²) >= 11 is 0. The van der Waals surface area contributed by atoms with E-state index in [1.54, 1.807) is 6.26 Å².